The van der Waals surface area contributed by atoms with E-state index in [1.54, 1.807) is 6.20 Å². The van der Waals surface area contributed by atoms with E-state index in [0.29, 0.717) is 13.2 Å². The fourth-order valence-corrected chi connectivity index (χ4v) is 2.88. The van der Waals surface area contributed by atoms with Crippen molar-refractivity contribution in [2.45, 2.75) is 65.2 Å². The molecule has 0 saturated heterocycles. The Hall–Kier alpha value is -2.37. The molecule has 0 bridgehead atoms. The van der Waals surface area contributed by atoms with Gasteiger partial charge in [-0.05, 0) is 18.9 Å². The highest BCUT2D eigenvalue weighted by Gasteiger charge is 2.21. The van der Waals surface area contributed by atoms with Crippen LogP contribution in [0.15, 0.2) is 18.3 Å². The van der Waals surface area contributed by atoms with Crippen LogP contribution in [0.5, 0.6) is 17.4 Å². The minimum atomic E-state index is 0.0514. The van der Waals surface area contributed by atoms with Gasteiger partial charge in [0.1, 0.15) is 13.2 Å². The number of fused-ring (bicyclic) bond motifs is 2. The number of hydrogen-bond acceptors (Lipinski definition) is 6. The van der Waals surface area contributed by atoms with Crippen molar-refractivity contribution >= 4 is 0 Å². The number of aryl methyl sites for hydroxylation is 1. The Balaban J connectivity index is 0.000000161. The van der Waals surface area contributed by atoms with Crippen LogP contribution in [0.4, 0.5) is 0 Å². The summed E-state index contributed by atoms with van der Waals surface area (Å²) >= 11 is 0. The van der Waals surface area contributed by atoms with E-state index in [9.17, 15) is 0 Å². The summed E-state index contributed by atoms with van der Waals surface area (Å²) in [5.41, 5.74) is 3.40. The van der Waals surface area contributed by atoms with Crippen LogP contribution in [0.3, 0.4) is 0 Å². The second-order valence-corrected chi connectivity index (χ2v) is 9.23. The summed E-state index contributed by atoms with van der Waals surface area (Å²) in [4.78, 5) is 4.36. The van der Waals surface area contributed by atoms with E-state index in [1.165, 1.54) is 5.56 Å². The van der Waals surface area contributed by atoms with Crippen LogP contribution in [0.2, 0.25) is 0 Å². The number of ether oxygens (including phenoxy) is 3. The first-order valence-electron chi connectivity index (χ1n) is 9.90. The first kappa shape index (κ1) is 20.4. The molecule has 28 heavy (non-hydrogen) atoms. The first-order chi connectivity index (χ1) is 13.1. The second-order valence-electron chi connectivity index (χ2n) is 9.23. The number of rotatable bonds is 0. The predicted molar refractivity (Wildman–Crippen MR) is 108 cm³/mol. The van der Waals surface area contributed by atoms with Crippen molar-refractivity contribution in [3.8, 4) is 17.4 Å². The Labute approximate surface area is 167 Å². The van der Waals surface area contributed by atoms with Crippen LogP contribution < -0.4 is 14.2 Å². The molecule has 2 aromatic rings. The van der Waals surface area contributed by atoms with Crippen molar-refractivity contribution < 1.29 is 14.2 Å². The van der Waals surface area contributed by atoms with Crippen LogP contribution in [0.25, 0.3) is 0 Å². The summed E-state index contributed by atoms with van der Waals surface area (Å²) in [5.74, 6) is 2.30. The minimum Gasteiger partial charge on any atom is -0.486 e. The second kappa shape index (κ2) is 7.94. The number of pyridine rings is 1. The molecule has 0 aromatic carbocycles. The fraction of sp³-hybridized carbons (Fsp3) is 0.591. The Morgan fingerprint density at radius 3 is 2.11 bits per heavy atom. The van der Waals surface area contributed by atoms with Gasteiger partial charge in [-0.25, -0.2) is 0 Å². The third-order valence-corrected chi connectivity index (χ3v) is 4.63. The molecule has 0 saturated carbocycles. The molecule has 0 radical (unpaired) electrons. The zero-order chi connectivity index (χ0) is 20.4. The Kier molecular flexibility index (Phi) is 5.77. The molecule has 4 heterocycles. The van der Waals surface area contributed by atoms with Gasteiger partial charge in [-0.3, -0.25) is 4.98 Å². The topological polar surface area (TPSA) is 66.4 Å². The third-order valence-electron chi connectivity index (χ3n) is 4.63. The molecule has 0 atom stereocenters. The highest BCUT2D eigenvalue weighted by atomic mass is 16.6. The molecule has 2 aliphatic rings. The van der Waals surface area contributed by atoms with Crippen molar-refractivity contribution in [2.75, 3.05) is 19.8 Å². The number of nitrogens with zero attached hydrogens (tertiary/aromatic N) is 3. The Morgan fingerprint density at radius 2 is 1.43 bits per heavy atom. The van der Waals surface area contributed by atoms with Crippen LogP contribution in [-0.2, 0) is 17.3 Å². The van der Waals surface area contributed by atoms with Gasteiger partial charge in [0.25, 0.3) is 0 Å². The minimum absolute atomic E-state index is 0.0514. The first-order valence-corrected chi connectivity index (χ1v) is 9.90. The van der Waals surface area contributed by atoms with E-state index < -0.39 is 0 Å². The molecular weight excluding hydrogens is 354 g/mol. The van der Waals surface area contributed by atoms with Gasteiger partial charge in [-0.15, -0.1) is 5.10 Å². The lowest BCUT2D eigenvalue weighted by Gasteiger charge is -2.22. The summed E-state index contributed by atoms with van der Waals surface area (Å²) in [7, 11) is 0. The van der Waals surface area contributed by atoms with Crippen LogP contribution in [0.1, 0.15) is 64.9 Å². The summed E-state index contributed by atoms with van der Waals surface area (Å²) in [6.07, 6.45) is 3.89. The Bertz CT molecular complexity index is 753. The molecule has 0 amide bonds. The van der Waals surface area contributed by atoms with Crippen molar-refractivity contribution in [1.29, 1.82) is 0 Å². The average Bonchev–Trinajstić information content (AvgIpc) is 2.66. The molecule has 0 spiro atoms. The van der Waals surface area contributed by atoms with Crippen molar-refractivity contribution in [3.05, 3.63) is 35.3 Å². The molecule has 4 rings (SSSR count). The van der Waals surface area contributed by atoms with Gasteiger partial charge in [0.2, 0.25) is 5.88 Å². The summed E-state index contributed by atoms with van der Waals surface area (Å²) in [6.45, 7) is 14.8. The van der Waals surface area contributed by atoms with E-state index in [1.807, 2.05) is 6.07 Å². The smallest absolute Gasteiger partial charge is 0.236 e. The number of aromatic nitrogens is 3. The summed E-state index contributed by atoms with van der Waals surface area (Å²) in [5, 5.41) is 8.30. The van der Waals surface area contributed by atoms with Crippen LogP contribution in [-0.4, -0.2) is 35.0 Å². The molecule has 0 unspecified atom stereocenters. The molecule has 6 nitrogen and oxygen atoms in total. The van der Waals surface area contributed by atoms with Gasteiger partial charge in [0.15, 0.2) is 11.5 Å². The van der Waals surface area contributed by atoms with E-state index in [2.05, 4.69) is 62.8 Å². The lowest BCUT2D eigenvalue weighted by atomic mass is 9.91. The molecule has 6 heteroatoms. The van der Waals surface area contributed by atoms with Gasteiger partial charge in [-0.2, -0.15) is 5.10 Å². The average molecular weight is 386 g/mol. The quantitative estimate of drug-likeness (QED) is 0.675. The molecule has 0 aliphatic carbocycles. The molecule has 0 fully saturated rings. The van der Waals surface area contributed by atoms with Crippen molar-refractivity contribution in [1.82, 2.24) is 15.2 Å². The van der Waals surface area contributed by atoms with Gasteiger partial charge in [-0.1, -0.05) is 41.5 Å². The van der Waals surface area contributed by atoms with E-state index in [4.69, 9.17) is 14.2 Å². The lowest BCUT2D eigenvalue weighted by molar-refractivity contribution is 0.170. The molecule has 2 aliphatic heterocycles. The van der Waals surface area contributed by atoms with Crippen LogP contribution in [0, 0.1) is 0 Å². The van der Waals surface area contributed by atoms with E-state index in [0.717, 1.165) is 48.2 Å². The van der Waals surface area contributed by atoms with E-state index >= 15 is 0 Å². The third kappa shape index (κ3) is 4.91. The maximum atomic E-state index is 5.49. The predicted octanol–water partition coefficient (Wildman–Crippen LogP) is 4.25. The molecule has 0 N–H and O–H groups in total. The SMILES string of the molecule is CC(C)(C)c1cc2c(cn1)OCCO2.CC(C)(C)c1cc2c(nn1)OCCC2. The van der Waals surface area contributed by atoms with Gasteiger partial charge in [0, 0.05) is 28.2 Å². The summed E-state index contributed by atoms with van der Waals surface area (Å²) < 4.78 is 16.3. The van der Waals surface area contributed by atoms with Crippen molar-refractivity contribution in [2.24, 2.45) is 0 Å². The zero-order valence-electron chi connectivity index (χ0n) is 17.8. The standard InChI is InChI=1S/C11H16N2O.C11H15NO2/c1-11(2,3)9-7-8-5-4-6-14-10(8)13-12-9;1-11(2,3)10-6-8-9(7-12-10)14-5-4-13-8/h7H,4-6H2,1-3H3;6-7H,4-5H2,1-3H3. The van der Waals surface area contributed by atoms with Gasteiger partial charge < -0.3 is 14.2 Å². The number of hydrogen-bond donors (Lipinski definition) is 0. The molecule has 2 aromatic heterocycles. The van der Waals surface area contributed by atoms with Crippen molar-refractivity contribution in [3.63, 3.8) is 0 Å². The Morgan fingerprint density at radius 1 is 0.750 bits per heavy atom. The fourth-order valence-electron chi connectivity index (χ4n) is 2.88. The highest BCUT2D eigenvalue weighted by Crippen LogP contribution is 2.33. The van der Waals surface area contributed by atoms with Gasteiger partial charge >= 0.3 is 0 Å². The largest absolute Gasteiger partial charge is 0.486 e. The lowest BCUT2D eigenvalue weighted by Crippen LogP contribution is -2.18. The summed E-state index contributed by atoms with van der Waals surface area (Å²) in [6, 6.07) is 4.09. The normalized spacial score (nSPS) is 15.6. The van der Waals surface area contributed by atoms with Gasteiger partial charge in [0.05, 0.1) is 18.5 Å². The monoisotopic (exact) mass is 385 g/mol. The molecule has 152 valence electrons. The molecular formula is C22H31N3O3. The maximum absolute atomic E-state index is 5.49. The zero-order valence-corrected chi connectivity index (χ0v) is 17.8. The van der Waals surface area contributed by atoms with Crippen LogP contribution >= 0.6 is 0 Å². The van der Waals surface area contributed by atoms with E-state index in [-0.39, 0.29) is 10.8 Å². The maximum Gasteiger partial charge on any atom is 0.236 e. The highest BCUT2D eigenvalue weighted by molar-refractivity contribution is 5.41.